The van der Waals surface area contributed by atoms with Gasteiger partial charge in [-0.2, -0.15) is 13.2 Å². The van der Waals surface area contributed by atoms with E-state index in [-0.39, 0.29) is 0 Å². The van der Waals surface area contributed by atoms with E-state index < -0.39 is 24.4 Å². The highest BCUT2D eigenvalue weighted by Gasteiger charge is 2.60. The van der Waals surface area contributed by atoms with E-state index in [0.29, 0.717) is 6.92 Å². The molecule has 1 saturated heterocycles. The monoisotopic (exact) mass is 188 g/mol. The predicted octanol–water partition coefficient (Wildman–Crippen LogP) is 2.00. The fourth-order valence-corrected chi connectivity index (χ4v) is 0.880. The molecule has 3 atom stereocenters. The van der Waals surface area contributed by atoms with Crippen LogP contribution in [0.3, 0.4) is 0 Å². The SMILES string of the molecule is CC1OC(C)(C(F)(F)F)OC1F. The second-order valence-corrected chi connectivity index (χ2v) is 2.74. The van der Waals surface area contributed by atoms with Crippen molar-refractivity contribution in [2.45, 2.75) is 38.3 Å². The normalized spacial score (nSPS) is 43.5. The highest BCUT2D eigenvalue weighted by Crippen LogP contribution is 2.41. The van der Waals surface area contributed by atoms with Crippen molar-refractivity contribution in [3.8, 4) is 0 Å². The molecule has 0 amide bonds. The number of ether oxygens (including phenoxy) is 2. The predicted molar refractivity (Wildman–Crippen MR) is 31.0 cm³/mol. The average Bonchev–Trinajstić information content (AvgIpc) is 2.06. The summed E-state index contributed by atoms with van der Waals surface area (Å²) in [4.78, 5) is 0. The number of rotatable bonds is 0. The lowest BCUT2D eigenvalue weighted by molar-refractivity contribution is -0.346. The molecule has 1 fully saturated rings. The van der Waals surface area contributed by atoms with Gasteiger partial charge in [0.2, 0.25) is 6.36 Å². The van der Waals surface area contributed by atoms with Gasteiger partial charge in [-0.25, -0.2) is 4.39 Å². The molecule has 3 unspecified atom stereocenters. The van der Waals surface area contributed by atoms with Crippen molar-refractivity contribution in [1.29, 1.82) is 0 Å². The minimum absolute atomic E-state index is 0.656. The number of hydrogen-bond acceptors (Lipinski definition) is 2. The minimum atomic E-state index is -4.71. The zero-order valence-corrected chi connectivity index (χ0v) is 6.48. The van der Waals surface area contributed by atoms with Crippen LogP contribution < -0.4 is 0 Å². The Bertz CT molecular complexity index is 169. The summed E-state index contributed by atoms with van der Waals surface area (Å²) in [6, 6.07) is 0. The Balaban J connectivity index is 2.77. The fraction of sp³-hybridized carbons (Fsp3) is 1.00. The summed E-state index contributed by atoms with van der Waals surface area (Å²) in [6.45, 7) is 1.84. The van der Waals surface area contributed by atoms with Crippen molar-refractivity contribution < 1.29 is 27.0 Å². The van der Waals surface area contributed by atoms with Gasteiger partial charge < -0.3 is 9.47 Å². The van der Waals surface area contributed by atoms with Crippen LogP contribution in [0.1, 0.15) is 13.8 Å². The Labute approximate surface area is 66.4 Å². The molecule has 1 aliphatic heterocycles. The molecule has 0 aromatic carbocycles. The smallest absolute Gasteiger partial charge is 0.334 e. The number of alkyl halides is 4. The molecule has 0 bridgehead atoms. The molecule has 0 aromatic rings. The quantitative estimate of drug-likeness (QED) is 0.541. The van der Waals surface area contributed by atoms with Gasteiger partial charge in [0.15, 0.2) is 0 Å². The Morgan fingerprint density at radius 2 is 1.75 bits per heavy atom. The maximum atomic E-state index is 12.5. The summed E-state index contributed by atoms with van der Waals surface area (Å²) in [5, 5.41) is 0. The van der Waals surface area contributed by atoms with Gasteiger partial charge in [0.05, 0.1) is 0 Å². The van der Waals surface area contributed by atoms with Gasteiger partial charge in [-0.3, -0.25) is 0 Å². The summed E-state index contributed by atoms with van der Waals surface area (Å²) in [5.41, 5.74) is 0. The zero-order chi connectivity index (χ0) is 9.57. The number of hydrogen-bond donors (Lipinski definition) is 0. The van der Waals surface area contributed by atoms with Crippen molar-refractivity contribution in [2.24, 2.45) is 0 Å². The summed E-state index contributed by atoms with van der Waals surface area (Å²) >= 11 is 0. The average molecular weight is 188 g/mol. The molecule has 1 heterocycles. The molecular formula is C6H8F4O2. The molecule has 0 saturated carbocycles. The maximum absolute atomic E-state index is 12.5. The standard InChI is InChI=1S/C6H8F4O2/c1-3-4(7)12-5(2,11-3)6(8,9)10/h3-4H,1-2H3. The highest BCUT2D eigenvalue weighted by atomic mass is 19.4. The van der Waals surface area contributed by atoms with Crippen LogP contribution in [0.25, 0.3) is 0 Å². The van der Waals surface area contributed by atoms with E-state index in [2.05, 4.69) is 9.47 Å². The van der Waals surface area contributed by atoms with Crippen LogP contribution in [-0.4, -0.2) is 24.4 Å². The Morgan fingerprint density at radius 3 is 1.92 bits per heavy atom. The fourth-order valence-electron chi connectivity index (χ4n) is 0.880. The molecule has 72 valence electrons. The van der Waals surface area contributed by atoms with Gasteiger partial charge in [-0.15, -0.1) is 0 Å². The molecule has 2 nitrogen and oxygen atoms in total. The minimum Gasteiger partial charge on any atom is -0.334 e. The van der Waals surface area contributed by atoms with E-state index >= 15 is 0 Å². The van der Waals surface area contributed by atoms with Crippen LogP contribution in [-0.2, 0) is 9.47 Å². The van der Waals surface area contributed by atoms with Crippen molar-refractivity contribution in [1.82, 2.24) is 0 Å². The molecule has 0 spiro atoms. The van der Waals surface area contributed by atoms with Crippen molar-refractivity contribution >= 4 is 0 Å². The summed E-state index contributed by atoms with van der Waals surface area (Å²) in [6.07, 6.45) is -7.91. The summed E-state index contributed by atoms with van der Waals surface area (Å²) < 4.78 is 57.0. The zero-order valence-electron chi connectivity index (χ0n) is 6.48. The van der Waals surface area contributed by atoms with Crippen LogP contribution in [0.4, 0.5) is 17.6 Å². The van der Waals surface area contributed by atoms with E-state index in [0.717, 1.165) is 0 Å². The van der Waals surface area contributed by atoms with Crippen LogP contribution in [0.15, 0.2) is 0 Å². The molecule has 1 aliphatic rings. The van der Waals surface area contributed by atoms with E-state index in [9.17, 15) is 17.6 Å². The third kappa shape index (κ3) is 1.40. The van der Waals surface area contributed by atoms with E-state index in [1.54, 1.807) is 0 Å². The molecule has 0 radical (unpaired) electrons. The first-order valence-electron chi connectivity index (χ1n) is 3.33. The first-order chi connectivity index (χ1) is 5.26. The van der Waals surface area contributed by atoms with E-state index in [1.807, 2.05) is 0 Å². The van der Waals surface area contributed by atoms with Gasteiger partial charge in [-0.05, 0) is 13.8 Å². The first-order valence-corrected chi connectivity index (χ1v) is 3.33. The second kappa shape index (κ2) is 2.56. The van der Waals surface area contributed by atoms with Crippen molar-refractivity contribution in [3.63, 3.8) is 0 Å². The molecule has 6 heteroatoms. The molecule has 0 aliphatic carbocycles. The van der Waals surface area contributed by atoms with Gasteiger partial charge in [0, 0.05) is 0 Å². The lowest BCUT2D eigenvalue weighted by Crippen LogP contribution is -2.43. The lowest BCUT2D eigenvalue weighted by atomic mass is 10.3. The maximum Gasteiger partial charge on any atom is 0.443 e. The Kier molecular flexibility index (Phi) is 2.08. The van der Waals surface area contributed by atoms with Gasteiger partial charge in [0.1, 0.15) is 6.10 Å². The van der Waals surface area contributed by atoms with E-state index in [4.69, 9.17) is 0 Å². The highest BCUT2D eigenvalue weighted by molar-refractivity contribution is 4.81. The van der Waals surface area contributed by atoms with Crippen LogP contribution >= 0.6 is 0 Å². The Hall–Kier alpha value is -0.360. The summed E-state index contributed by atoms with van der Waals surface area (Å²) in [7, 11) is 0. The van der Waals surface area contributed by atoms with Crippen LogP contribution in [0.2, 0.25) is 0 Å². The first kappa shape index (κ1) is 9.73. The number of halogens is 4. The lowest BCUT2D eigenvalue weighted by Gasteiger charge is -2.24. The molecule has 0 N–H and O–H groups in total. The molecule has 1 rings (SSSR count). The van der Waals surface area contributed by atoms with Crippen LogP contribution in [0, 0.1) is 0 Å². The topological polar surface area (TPSA) is 18.5 Å². The molecular weight excluding hydrogens is 180 g/mol. The largest absolute Gasteiger partial charge is 0.443 e. The van der Waals surface area contributed by atoms with Crippen molar-refractivity contribution in [3.05, 3.63) is 0 Å². The van der Waals surface area contributed by atoms with Gasteiger partial charge in [0.25, 0.3) is 5.79 Å². The van der Waals surface area contributed by atoms with Crippen LogP contribution in [0.5, 0.6) is 0 Å². The van der Waals surface area contributed by atoms with Crippen molar-refractivity contribution in [2.75, 3.05) is 0 Å². The summed E-state index contributed by atoms with van der Waals surface area (Å²) in [5.74, 6) is -2.80. The Morgan fingerprint density at radius 1 is 1.25 bits per heavy atom. The molecule has 0 aromatic heterocycles. The third-order valence-electron chi connectivity index (χ3n) is 1.63. The van der Waals surface area contributed by atoms with Gasteiger partial charge >= 0.3 is 6.18 Å². The van der Waals surface area contributed by atoms with E-state index in [1.165, 1.54) is 6.92 Å². The van der Waals surface area contributed by atoms with Gasteiger partial charge in [-0.1, -0.05) is 0 Å². The third-order valence-corrected chi connectivity index (χ3v) is 1.63. The molecule has 12 heavy (non-hydrogen) atoms. The second-order valence-electron chi connectivity index (χ2n) is 2.74.